The quantitative estimate of drug-likeness (QED) is 0.865. The highest BCUT2D eigenvalue weighted by atomic mass is 16.5. The minimum atomic E-state index is -1.02. The topological polar surface area (TPSA) is 91.8 Å². The molecule has 1 aliphatic heterocycles. The number of amides is 2. The minimum absolute atomic E-state index is 0.248. The van der Waals surface area contributed by atoms with E-state index in [1.807, 2.05) is 12.1 Å². The SMILES string of the molecule is COC1CC(C(=O)O)N(C(=O)NC(C)c2ccccn2)C1. The van der Waals surface area contributed by atoms with Crippen molar-refractivity contribution in [2.24, 2.45) is 0 Å². The molecule has 0 bridgehead atoms. The third-order valence-corrected chi connectivity index (χ3v) is 3.61. The number of nitrogens with zero attached hydrogens (tertiary/aromatic N) is 2. The van der Waals surface area contributed by atoms with Crippen LogP contribution in [0.15, 0.2) is 24.4 Å². The molecule has 7 nitrogen and oxygen atoms in total. The number of ether oxygens (including phenoxy) is 1. The Hall–Kier alpha value is -2.15. The van der Waals surface area contributed by atoms with E-state index in [4.69, 9.17) is 4.74 Å². The molecular weight excluding hydrogens is 274 g/mol. The van der Waals surface area contributed by atoms with Gasteiger partial charge in [0.15, 0.2) is 0 Å². The predicted molar refractivity (Wildman–Crippen MR) is 74.7 cm³/mol. The van der Waals surface area contributed by atoms with Gasteiger partial charge in [0, 0.05) is 26.3 Å². The lowest BCUT2D eigenvalue weighted by Gasteiger charge is -2.24. The molecule has 0 spiro atoms. The molecule has 2 rings (SSSR count). The second kappa shape index (κ2) is 6.53. The predicted octanol–water partition coefficient (Wildman–Crippen LogP) is 1.03. The molecule has 0 saturated carbocycles. The molecule has 1 saturated heterocycles. The standard InChI is InChI=1S/C14H19N3O4/c1-9(11-5-3-4-6-15-11)16-14(20)17-8-10(21-2)7-12(17)13(18)19/h3-6,9-10,12H,7-8H2,1-2H3,(H,16,20)(H,18,19). The molecule has 0 aliphatic carbocycles. The van der Waals surface area contributed by atoms with Gasteiger partial charge in [-0.3, -0.25) is 4.98 Å². The van der Waals surface area contributed by atoms with Gasteiger partial charge in [0.1, 0.15) is 6.04 Å². The molecule has 3 atom stereocenters. The van der Waals surface area contributed by atoms with Gasteiger partial charge < -0.3 is 20.1 Å². The number of nitrogens with one attached hydrogen (secondary N) is 1. The molecule has 1 aromatic heterocycles. The molecule has 7 heteroatoms. The van der Waals surface area contributed by atoms with Crippen LogP contribution in [-0.4, -0.2) is 52.8 Å². The molecule has 2 heterocycles. The highest BCUT2D eigenvalue weighted by molar-refractivity contribution is 5.83. The number of carboxylic acid groups (broad SMARTS) is 1. The summed E-state index contributed by atoms with van der Waals surface area (Å²) in [6.45, 7) is 2.08. The van der Waals surface area contributed by atoms with Crippen LogP contribution in [0.4, 0.5) is 4.79 Å². The van der Waals surface area contributed by atoms with E-state index < -0.39 is 18.0 Å². The number of methoxy groups -OCH3 is 1. The van der Waals surface area contributed by atoms with Crippen LogP contribution in [0.1, 0.15) is 25.1 Å². The summed E-state index contributed by atoms with van der Waals surface area (Å²) in [5, 5.41) is 12.0. The van der Waals surface area contributed by atoms with Gasteiger partial charge in [0.25, 0.3) is 0 Å². The number of hydrogen-bond donors (Lipinski definition) is 2. The van der Waals surface area contributed by atoms with Crippen molar-refractivity contribution < 1.29 is 19.4 Å². The van der Waals surface area contributed by atoms with E-state index in [0.29, 0.717) is 6.42 Å². The van der Waals surface area contributed by atoms with Gasteiger partial charge in [-0.2, -0.15) is 0 Å². The van der Waals surface area contributed by atoms with Crippen molar-refractivity contribution in [2.45, 2.75) is 31.5 Å². The maximum absolute atomic E-state index is 12.3. The first-order valence-electron chi connectivity index (χ1n) is 6.76. The third-order valence-electron chi connectivity index (χ3n) is 3.61. The van der Waals surface area contributed by atoms with Crippen LogP contribution in [0, 0.1) is 0 Å². The second-order valence-corrected chi connectivity index (χ2v) is 5.03. The van der Waals surface area contributed by atoms with Crippen molar-refractivity contribution >= 4 is 12.0 Å². The van der Waals surface area contributed by atoms with E-state index in [2.05, 4.69) is 10.3 Å². The van der Waals surface area contributed by atoms with Crippen LogP contribution in [0.25, 0.3) is 0 Å². The van der Waals surface area contributed by atoms with Crippen LogP contribution >= 0.6 is 0 Å². The fourth-order valence-electron chi connectivity index (χ4n) is 2.40. The number of carbonyl (C=O) groups excluding carboxylic acids is 1. The van der Waals surface area contributed by atoms with Crippen LogP contribution in [0.5, 0.6) is 0 Å². The molecule has 1 fully saturated rings. The largest absolute Gasteiger partial charge is 0.480 e. The fraction of sp³-hybridized carbons (Fsp3) is 0.500. The maximum atomic E-state index is 12.3. The number of hydrogen-bond acceptors (Lipinski definition) is 4. The van der Waals surface area contributed by atoms with Crippen molar-refractivity contribution in [1.82, 2.24) is 15.2 Å². The van der Waals surface area contributed by atoms with E-state index in [0.717, 1.165) is 5.69 Å². The maximum Gasteiger partial charge on any atom is 0.326 e. The first-order valence-corrected chi connectivity index (χ1v) is 6.76. The average Bonchev–Trinajstić information content (AvgIpc) is 2.92. The number of aliphatic carboxylic acids is 1. The first kappa shape index (κ1) is 15.2. The van der Waals surface area contributed by atoms with E-state index in [1.54, 1.807) is 19.2 Å². The first-order chi connectivity index (χ1) is 10.0. The lowest BCUT2D eigenvalue weighted by molar-refractivity contribution is -0.141. The highest BCUT2D eigenvalue weighted by Gasteiger charge is 2.40. The van der Waals surface area contributed by atoms with Gasteiger partial charge in [-0.1, -0.05) is 6.07 Å². The van der Waals surface area contributed by atoms with Crippen LogP contribution < -0.4 is 5.32 Å². The molecule has 0 radical (unpaired) electrons. The van der Waals surface area contributed by atoms with E-state index in [9.17, 15) is 14.7 Å². The van der Waals surface area contributed by atoms with Gasteiger partial charge in [0.2, 0.25) is 0 Å². The number of carboxylic acids is 1. The molecule has 114 valence electrons. The minimum Gasteiger partial charge on any atom is -0.480 e. The molecule has 0 aromatic carbocycles. The average molecular weight is 293 g/mol. The van der Waals surface area contributed by atoms with E-state index in [1.165, 1.54) is 12.0 Å². The van der Waals surface area contributed by atoms with Crippen LogP contribution in [0.2, 0.25) is 0 Å². The summed E-state index contributed by atoms with van der Waals surface area (Å²) in [5.41, 5.74) is 0.722. The molecule has 3 unspecified atom stereocenters. The summed E-state index contributed by atoms with van der Waals surface area (Å²) in [4.78, 5) is 29.0. The Kier molecular flexibility index (Phi) is 4.74. The fourth-order valence-corrected chi connectivity index (χ4v) is 2.40. The summed E-state index contributed by atoms with van der Waals surface area (Å²) in [6.07, 6.45) is 1.70. The van der Waals surface area contributed by atoms with E-state index >= 15 is 0 Å². The van der Waals surface area contributed by atoms with Gasteiger partial charge >= 0.3 is 12.0 Å². The second-order valence-electron chi connectivity index (χ2n) is 5.03. The van der Waals surface area contributed by atoms with Gasteiger partial charge in [0.05, 0.1) is 17.8 Å². The Morgan fingerprint density at radius 3 is 2.86 bits per heavy atom. The Bertz CT molecular complexity index is 508. The summed E-state index contributed by atoms with van der Waals surface area (Å²) in [7, 11) is 1.52. The molecular formula is C14H19N3O4. The zero-order valence-electron chi connectivity index (χ0n) is 12.0. The summed E-state index contributed by atoms with van der Waals surface area (Å²) in [5.74, 6) is -1.02. The molecule has 2 N–H and O–H groups in total. The Morgan fingerprint density at radius 1 is 1.52 bits per heavy atom. The smallest absolute Gasteiger partial charge is 0.326 e. The summed E-state index contributed by atoms with van der Waals surface area (Å²) < 4.78 is 5.16. The van der Waals surface area contributed by atoms with Crippen LogP contribution in [-0.2, 0) is 9.53 Å². The molecule has 1 aromatic rings. The van der Waals surface area contributed by atoms with Gasteiger partial charge in [-0.15, -0.1) is 0 Å². The summed E-state index contributed by atoms with van der Waals surface area (Å²) >= 11 is 0. The number of carbonyl (C=O) groups is 2. The lowest BCUT2D eigenvalue weighted by Crippen LogP contribution is -2.46. The van der Waals surface area contributed by atoms with E-state index in [-0.39, 0.29) is 18.7 Å². The van der Waals surface area contributed by atoms with Crippen molar-refractivity contribution in [3.63, 3.8) is 0 Å². The molecule has 1 aliphatic rings. The number of rotatable bonds is 4. The lowest BCUT2D eigenvalue weighted by atomic mass is 10.2. The number of pyridine rings is 1. The number of urea groups is 1. The van der Waals surface area contributed by atoms with Gasteiger partial charge in [-0.25, -0.2) is 9.59 Å². The zero-order chi connectivity index (χ0) is 15.4. The molecule has 2 amide bonds. The zero-order valence-corrected chi connectivity index (χ0v) is 12.0. The monoisotopic (exact) mass is 293 g/mol. The van der Waals surface area contributed by atoms with Crippen LogP contribution in [0.3, 0.4) is 0 Å². The normalized spacial score (nSPS) is 22.9. The van der Waals surface area contributed by atoms with Crippen molar-refractivity contribution in [2.75, 3.05) is 13.7 Å². The summed E-state index contributed by atoms with van der Waals surface area (Å²) in [6, 6.07) is 3.87. The van der Waals surface area contributed by atoms with Crippen molar-refractivity contribution in [3.05, 3.63) is 30.1 Å². The highest BCUT2D eigenvalue weighted by Crippen LogP contribution is 2.21. The Morgan fingerprint density at radius 2 is 2.29 bits per heavy atom. The Balaban J connectivity index is 2.03. The number of likely N-dealkylation sites (tertiary alicyclic amines) is 1. The van der Waals surface area contributed by atoms with Gasteiger partial charge in [-0.05, 0) is 19.1 Å². The van der Waals surface area contributed by atoms with Crippen molar-refractivity contribution in [3.8, 4) is 0 Å². The third kappa shape index (κ3) is 3.49. The number of aromatic nitrogens is 1. The van der Waals surface area contributed by atoms with Crippen molar-refractivity contribution in [1.29, 1.82) is 0 Å². The molecule has 21 heavy (non-hydrogen) atoms. The Labute approximate surface area is 122 Å².